The van der Waals surface area contributed by atoms with E-state index in [-0.39, 0.29) is 11.9 Å². The quantitative estimate of drug-likeness (QED) is 0.554. The highest BCUT2D eigenvalue weighted by Crippen LogP contribution is 1.92. The molecule has 0 heterocycles. The van der Waals surface area contributed by atoms with Gasteiger partial charge in [-0.15, -0.1) is 0 Å². The molecule has 0 aromatic heterocycles. The first kappa shape index (κ1) is 10.4. The number of nitrogens with zero attached hydrogens (tertiary/aromatic N) is 1. The first-order chi connectivity index (χ1) is 5.06. The van der Waals surface area contributed by atoms with Crippen LogP contribution in [-0.4, -0.2) is 31.1 Å². The van der Waals surface area contributed by atoms with Gasteiger partial charge in [-0.1, -0.05) is 6.92 Å². The molecule has 0 aliphatic carbocycles. The van der Waals surface area contributed by atoms with Crippen molar-refractivity contribution < 1.29 is 4.79 Å². The number of hydrogen-bond acceptors (Lipinski definition) is 3. The second-order valence-corrected chi connectivity index (χ2v) is 2.80. The summed E-state index contributed by atoms with van der Waals surface area (Å²) >= 11 is 0. The normalized spacial score (nSPS) is 13.2. The molecule has 0 saturated heterocycles. The van der Waals surface area contributed by atoms with Gasteiger partial charge in [0.1, 0.15) is 0 Å². The molecular formula is C7H17N3O. The number of hydrazine groups is 1. The molecule has 0 aromatic carbocycles. The number of nitrogens with one attached hydrogen (secondary N) is 1. The van der Waals surface area contributed by atoms with Crippen molar-refractivity contribution in [2.24, 2.45) is 5.73 Å². The third-order valence-corrected chi connectivity index (χ3v) is 1.32. The maximum atomic E-state index is 11.0. The Morgan fingerprint density at radius 2 is 2.18 bits per heavy atom. The molecule has 66 valence electrons. The van der Waals surface area contributed by atoms with E-state index in [0.29, 0.717) is 6.42 Å². The zero-order valence-corrected chi connectivity index (χ0v) is 7.42. The number of carbonyl (C=O) groups is 1. The third-order valence-electron chi connectivity index (χ3n) is 1.32. The number of nitrogens with two attached hydrogens (primary N) is 1. The molecule has 11 heavy (non-hydrogen) atoms. The average molecular weight is 159 g/mol. The average Bonchev–Trinajstić information content (AvgIpc) is 1.85. The Kier molecular flexibility index (Phi) is 4.81. The maximum absolute atomic E-state index is 11.0. The van der Waals surface area contributed by atoms with Crippen LogP contribution in [0, 0.1) is 0 Å². The zero-order valence-electron chi connectivity index (χ0n) is 7.42. The molecule has 4 heteroatoms. The summed E-state index contributed by atoms with van der Waals surface area (Å²) in [5, 5.41) is 1.62. The Balaban J connectivity index is 3.52. The van der Waals surface area contributed by atoms with Crippen LogP contribution in [0.4, 0.5) is 0 Å². The molecule has 3 N–H and O–H groups in total. The van der Waals surface area contributed by atoms with E-state index in [0.717, 1.165) is 6.42 Å². The van der Waals surface area contributed by atoms with Crippen LogP contribution >= 0.6 is 0 Å². The van der Waals surface area contributed by atoms with E-state index in [4.69, 9.17) is 5.73 Å². The highest BCUT2D eigenvalue weighted by atomic mass is 16.2. The van der Waals surface area contributed by atoms with Crippen molar-refractivity contribution in [3.8, 4) is 0 Å². The Bertz CT molecular complexity index is 125. The molecule has 0 fully saturated rings. The van der Waals surface area contributed by atoms with Gasteiger partial charge in [-0.25, -0.2) is 5.01 Å². The standard InChI is InChI=1S/C7H17N3O/c1-4-6(8)5-7(11)9-10(2)3/h6H,4-5,8H2,1-3H3,(H,9,11). The lowest BCUT2D eigenvalue weighted by Gasteiger charge is -2.13. The largest absolute Gasteiger partial charge is 0.327 e. The fourth-order valence-electron chi connectivity index (χ4n) is 0.678. The van der Waals surface area contributed by atoms with E-state index in [2.05, 4.69) is 5.43 Å². The molecule has 1 atom stereocenters. The molecule has 0 bridgehead atoms. The molecule has 4 nitrogen and oxygen atoms in total. The third kappa shape index (κ3) is 5.82. The van der Waals surface area contributed by atoms with E-state index < -0.39 is 0 Å². The number of rotatable bonds is 4. The summed E-state index contributed by atoms with van der Waals surface area (Å²) in [5.74, 6) is -0.0237. The predicted molar refractivity (Wildman–Crippen MR) is 44.7 cm³/mol. The van der Waals surface area contributed by atoms with Crippen LogP contribution in [0.25, 0.3) is 0 Å². The van der Waals surface area contributed by atoms with Crippen LogP contribution < -0.4 is 11.2 Å². The van der Waals surface area contributed by atoms with Gasteiger partial charge in [-0.05, 0) is 6.42 Å². The Hall–Kier alpha value is -0.610. The predicted octanol–water partition coefficient (Wildman–Crippen LogP) is -0.293. The zero-order chi connectivity index (χ0) is 8.85. The summed E-state index contributed by atoms with van der Waals surface area (Å²) < 4.78 is 0. The molecule has 0 saturated carbocycles. The topological polar surface area (TPSA) is 58.4 Å². The SMILES string of the molecule is CCC(N)CC(=O)NN(C)C. The molecule has 0 aromatic rings. The first-order valence-corrected chi connectivity index (χ1v) is 3.78. The second-order valence-electron chi connectivity index (χ2n) is 2.80. The van der Waals surface area contributed by atoms with Gasteiger partial charge in [0.25, 0.3) is 0 Å². The van der Waals surface area contributed by atoms with Crippen molar-refractivity contribution in [1.29, 1.82) is 0 Å². The van der Waals surface area contributed by atoms with Gasteiger partial charge in [-0.2, -0.15) is 0 Å². The van der Waals surface area contributed by atoms with E-state index >= 15 is 0 Å². The molecule has 0 spiro atoms. The lowest BCUT2D eigenvalue weighted by Crippen LogP contribution is -2.39. The molecule has 0 rings (SSSR count). The van der Waals surface area contributed by atoms with E-state index in [1.54, 1.807) is 19.1 Å². The van der Waals surface area contributed by atoms with Gasteiger partial charge >= 0.3 is 0 Å². The van der Waals surface area contributed by atoms with Gasteiger partial charge < -0.3 is 5.73 Å². The van der Waals surface area contributed by atoms with Gasteiger partial charge in [0.15, 0.2) is 0 Å². The smallest absolute Gasteiger partial charge is 0.235 e. The maximum Gasteiger partial charge on any atom is 0.235 e. The fraction of sp³-hybridized carbons (Fsp3) is 0.857. The monoisotopic (exact) mass is 159 g/mol. The molecule has 1 amide bonds. The number of amides is 1. The molecule has 0 aliphatic heterocycles. The van der Waals surface area contributed by atoms with Crippen molar-refractivity contribution in [2.45, 2.75) is 25.8 Å². The highest BCUT2D eigenvalue weighted by Gasteiger charge is 2.06. The lowest BCUT2D eigenvalue weighted by molar-refractivity contribution is -0.125. The summed E-state index contributed by atoms with van der Waals surface area (Å²) in [6.45, 7) is 1.97. The van der Waals surface area contributed by atoms with E-state index in [9.17, 15) is 4.79 Å². The van der Waals surface area contributed by atoms with Crippen LogP contribution in [0.3, 0.4) is 0 Å². The van der Waals surface area contributed by atoms with Gasteiger partial charge in [0, 0.05) is 26.6 Å². The summed E-state index contributed by atoms with van der Waals surface area (Å²) in [6.07, 6.45) is 1.23. The van der Waals surface area contributed by atoms with E-state index in [1.165, 1.54) is 0 Å². The Labute approximate surface area is 67.7 Å². The summed E-state index contributed by atoms with van der Waals surface area (Å²) in [6, 6.07) is -0.0186. The van der Waals surface area contributed by atoms with Crippen LogP contribution in [0.15, 0.2) is 0 Å². The van der Waals surface area contributed by atoms with Gasteiger partial charge in [0.2, 0.25) is 5.91 Å². The minimum atomic E-state index is -0.0237. The van der Waals surface area contributed by atoms with Crippen LogP contribution in [0.2, 0.25) is 0 Å². The summed E-state index contributed by atoms with van der Waals surface area (Å²) in [5.41, 5.74) is 8.19. The minimum absolute atomic E-state index is 0.0186. The summed E-state index contributed by atoms with van der Waals surface area (Å²) in [7, 11) is 3.55. The second kappa shape index (κ2) is 5.09. The van der Waals surface area contributed by atoms with Crippen molar-refractivity contribution in [3.63, 3.8) is 0 Å². The van der Waals surface area contributed by atoms with Crippen molar-refractivity contribution in [1.82, 2.24) is 10.4 Å². The van der Waals surface area contributed by atoms with E-state index in [1.807, 2.05) is 6.92 Å². The Morgan fingerprint density at radius 3 is 2.55 bits per heavy atom. The molecule has 0 radical (unpaired) electrons. The van der Waals surface area contributed by atoms with Gasteiger partial charge in [0.05, 0.1) is 0 Å². The van der Waals surface area contributed by atoms with Gasteiger partial charge in [-0.3, -0.25) is 10.2 Å². The van der Waals surface area contributed by atoms with Crippen LogP contribution in [0.1, 0.15) is 19.8 Å². The Morgan fingerprint density at radius 1 is 1.64 bits per heavy atom. The van der Waals surface area contributed by atoms with Crippen molar-refractivity contribution >= 4 is 5.91 Å². The fourth-order valence-corrected chi connectivity index (χ4v) is 0.678. The highest BCUT2D eigenvalue weighted by molar-refractivity contribution is 5.75. The van der Waals surface area contributed by atoms with Crippen molar-refractivity contribution in [2.75, 3.05) is 14.1 Å². The van der Waals surface area contributed by atoms with Crippen LogP contribution in [0.5, 0.6) is 0 Å². The first-order valence-electron chi connectivity index (χ1n) is 3.78. The number of carbonyl (C=O) groups excluding carboxylic acids is 1. The number of hydrogen-bond donors (Lipinski definition) is 2. The molecular weight excluding hydrogens is 142 g/mol. The lowest BCUT2D eigenvalue weighted by atomic mass is 10.2. The minimum Gasteiger partial charge on any atom is -0.327 e. The molecule has 0 aliphatic rings. The molecule has 1 unspecified atom stereocenters. The van der Waals surface area contributed by atoms with Crippen LogP contribution in [-0.2, 0) is 4.79 Å². The summed E-state index contributed by atoms with van der Waals surface area (Å²) in [4.78, 5) is 11.0. The van der Waals surface area contributed by atoms with Crippen molar-refractivity contribution in [3.05, 3.63) is 0 Å².